The van der Waals surface area contributed by atoms with Crippen LogP contribution in [0.3, 0.4) is 0 Å². The third-order valence-corrected chi connectivity index (χ3v) is 5.95. The Hall–Kier alpha value is -4.50. The van der Waals surface area contributed by atoms with Gasteiger partial charge in [-0.15, -0.1) is 0 Å². The van der Waals surface area contributed by atoms with Crippen molar-refractivity contribution in [2.75, 3.05) is 5.32 Å². The minimum absolute atomic E-state index is 1.03. The number of nitrogens with one attached hydrogen (secondary N) is 1. The lowest BCUT2D eigenvalue weighted by Gasteiger charge is -2.11. The molecule has 0 spiro atoms. The lowest BCUT2D eigenvalue weighted by molar-refractivity contribution is 1.41. The number of hydrogen-bond acceptors (Lipinski definition) is 3. The van der Waals surface area contributed by atoms with Gasteiger partial charge in [0.1, 0.15) is 0 Å². The molecule has 2 aromatic heterocycles. The van der Waals surface area contributed by atoms with Crippen LogP contribution in [0.5, 0.6) is 0 Å². The maximum absolute atomic E-state index is 4.58. The van der Waals surface area contributed by atoms with E-state index >= 15 is 0 Å². The normalized spacial score (nSPS) is 11.0. The molecule has 33 heavy (non-hydrogen) atoms. The number of nitrogens with zero attached hydrogens (tertiary/aromatic N) is 2. The largest absolute Gasteiger partial charge is 0.356 e. The quantitative estimate of drug-likeness (QED) is 0.314. The van der Waals surface area contributed by atoms with Crippen molar-refractivity contribution in [1.29, 1.82) is 0 Å². The minimum atomic E-state index is 1.03. The standard InChI is InChI=1S/C30H21N3/c1-5-23-7-3-19-31-29(23)27(9-1)21-11-15-25(16-12-21)33-26-17-13-22(14-18-26)28-10-2-6-24-8-4-20-32-30(24)28/h1-20,33H. The van der Waals surface area contributed by atoms with Crippen molar-refractivity contribution in [3.63, 3.8) is 0 Å². The van der Waals surface area contributed by atoms with Crippen LogP contribution in [0.15, 0.2) is 122 Å². The highest BCUT2D eigenvalue weighted by molar-refractivity contribution is 5.94. The summed E-state index contributed by atoms with van der Waals surface area (Å²) in [7, 11) is 0. The van der Waals surface area contributed by atoms with E-state index in [0.717, 1.165) is 55.4 Å². The van der Waals surface area contributed by atoms with E-state index < -0.39 is 0 Å². The molecule has 0 radical (unpaired) electrons. The summed E-state index contributed by atoms with van der Waals surface area (Å²) in [5.41, 5.74) is 8.75. The molecule has 0 bridgehead atoms. The maximum atomic E-state index is 4.58. The molecule has 6 aromatic rings. The van der Waals surface area contributed by atoms with Crippen LogP contribution >= 0.6 is 0 Å². The summed E-state index contributed by atoms with van der Waals surface area (Å²) in [6.45, 7) is 0. The van der Waals surface area contributed by atoms with Gasteiger partial charge in [0, 0.05) is 45.7 Å². The van der Waals surface area contributed by atoms with Crippen molar-refractivity contribution in [2.24, 2.45) is 0 Å². The zero-order valence-corrected chi connectivity index (χ0v) is 17.9. The highest BCUT2D eigenvalue weighted by Crippen LogP contribution is 2.30. The zero-order chi connectivity index (χ0) is 22.0. The fourth-order valence-electron chi connectivity index (χ4n) is 4.31. The fraction of sp³-hybridized carbons (Fsp3) is 0. The Morgan fingerprint density at radius 3 is 1.30 bits per heavy atom. The molecule has 3 nitrogen and oxygen atoms in total. The Morgan fingerprint density at radius 2 is 0.848 bits per heavy atom. The molecule has 0 aliphatic heterocycles. The van der Waals surface area contributed by atoms with Crippen LogP contribution < -0.4 is 5.32 Å². The predicted octanol–water partition coefficient (Wildman–Crippen LogP) is 7.86. The van der Waals surface area contributed by atoms with E-state index in [1.165, 1.54) is 0 Å². The molecule has 0 atom stereocenters. The summed E-state index contributed by atoms with van der Waals surface area (Å²) in [5, 5.41) is 5.81. The number of aromatic nitrogens is 2. The van der Waals surface area contributed by atoms with Crippen molar-refractivity contribution in [3.05, 3.63) is 122 Å². The lowest BCUT2D eigenvalue weighted by Crippen LogP contribution is -1.91. The SMILES string of the molecule is c1cnc2c(-c3ccc(Nc4ccc(-c5cccc6cccnc56)cc4)cc3)cccc2c1. The van der Waals surface area contributed by atoms with Gasteiger partial charge in [0.25, 0.3) is 0 Å². The molecule has 0 saturated heterocycles. The minimum Gasteiger partial charge on any atom is -0.356 e. The second kappa shape index (κ2) is 8.21. The Bertz CT molecular complexity index is 1440. The number of hydrogen-bond donors (Lipinski definition) is 1. The van der Waals surface area contributed by atoms with E-state index in [1.807, 2.05) is 24.5 Å². The first kappa shape index (κ1) is 19.2. The first-order chi connectivity index (χ1) is 16.3. The van der Waals surface area contributed by atoms with Gasteiger partial charge < -0.3 is 5.32 Å². The van der Waals surface area contributed by atoms with Crippen LogP contribution in [0.4, 0.5) is 11.4 Å². The molecule has 1 N–H and O–H groups in total. The molecule has 3 heteroatoms. The molecule has 0 fully saturated rings. The van der Waals surface area contributed by atoms with Gasteiger partial charge in [0.05, 0.1) is 11.0 Å². The number of rotatable bonds is 4. The van der Waals surface area contributed by atoms with Crippen LogP contribution in [0.1, 0.15) is 0 Å². The van der Waals surface area contributed by atoms with E-state index in [4.69, 9.17) is 0 Å². The summed E-state index contributed by atoms with van der Waals surface area (Å²) >= 11 is 0. The second-order valence-corrected chi connectivity index (χ2v) is 8.04. The van der Waals surface area contributed by atoms with E-state index in [0.29, 0.717) is 0 Å². The van der Waals surface area contributed by atoms with Gasteiger partial charge in [-0.25, -0.2) is 0 Å². The van der Waals surface area contributed by atoms with Crippen LogP contribution in [-0.2, 0) is 0 Å². The van der Waals surface area contributed by atoms with Crippen LogP contribution in [0.25, 0.3) is 44.1 Å². The summed E-state index contributed by atoms with van der Waals surface area (Å²) in [5.74, 6) is 0. The molecule has 0 aliphatic rings. The fourth-order valence-corrected chi connectivity index (χ4v) is 4.31. The summed E-state index contributed by atoms with van der Waals surface area (Å²) in [4.78, 5) is 9.16. The van der Waals surface area contributed by atoms with Gasteiger partial charge in [-0.1, -0.05) is 72.8 Å². The number of para-hydroxylation sites is 2. The summed E-state index contributed by atoms with van der Waals surface area (Å²) < 4.78 is 0. The predicted molar refractivity (Wildman–Crippen MR) is 138 cm³/mol. The van der Waals surface area contributed by atoms with Gasteiger partial charge >= 0.3 is 0 Å². The monoisotopic (exact) mass is 423 g/mol. The molecule has 0 amide bonds. The molecule has 156 valence electrons. The average Bonchev–Trinajstić information content (AvgIpc) is 2.89. The van der Waals surface area contributed by atoms with Gasteiger partial charge in [-0.2, -0.15) is 0 Å². The van der Waals surface area contributed by atoms with Gasteiger partial charge in [-0.05, 0) is 47.5 Å². The molecular formula is C30H21N3. The molecule has 6 rings (SSSR count). The van der Waals surface area contributed by atoms with E-state index in [-0.39, 0.29) is 0 Å². The second-order valence-electron chi connectivity index (χ2n) is 8.04. The Labute approximate surface area is 192 Å². The molecule has 4 aromatic carbocycles. The lowest BCUT2D eigenvalue weighted by atomic mass is 10.0. The molecular weight excluding hydrogens is 402 g/mol. The number of pyridine rings is 2. The Kier molecular flexibility index (Phi) is 4.78. The topological polar surface area (TPSA) is 37.8 Å². The number of benzene rings is 4. The van der Waals surface area contributed by atoms with Crippen LogP contribution in [0.2, 0.25) is 0 Å². The number of anilines is 2. The molecule has 2 heterocycles. The van der Waals surface area contributed by atoms with Gasteiger partial charge in [-0.3, -0.25) is 9.97 Å². The number of fused-ring (bicyclic) bond motifs is 2. The molecule has 0 unspecified atom stereocenters. The van der Waals surface area contributed by atoms with Crippen molar-refractivity contribution < 1.29 is 0 Å². The first-order valence-electron chi connectivity index (χ1n) is 11.0. The van der Waals surface area contributed by atoms with Crippen molar-refractivity contribution in [2.45, 2.75) is 0 Å². The highest BCUT2D eigenvalue weighted by Gasteiger charge is 2.06. The van der Waals surface area contributed by atoms with E-state index in [1.54, 1.807) is 0 Å². The highest BCUT2D eigenvalue weighted by atomic mass is 14.9. The summed E-state index contributed by atoms with van der Waals surface area (Å²) in [6.07, 6.45) is 3.69. The average molecular weight is 424 g/mol. The van der Waals surface area contributed by atoms with Gasteiger partial charge in [0.15, 0.2) is 0 Å². The van der Waals surface area contributed by atoms with Crippen molar-refractivity contribution >= 4 is 33.2 Å². The molecule has 0 aliphatic carbocycles. The van der Waals surface area contributed by atoms with E-state index in [9.17, 15) is 0 Å². The van der Waals surface area contributed by atoms with Gasteiger partial charge in [0.2, 0.25) is 0 Å². The van der Waals surface area contributed by atoms with Crippen LogP contribution in [-0.4, -0.2) is 9.97 Å². The van der Waals surface area contributed by atoms with Crippen molar-refractivity contribution in [3.8, 4) is 22.3 Å². The first-order valence-corrected chi connectivity index (χ1v) is 11.0. The smallest absolute Gasteiger partial charge is 0.0780 e. The summed E-state index contributed by atoms with van der Waals surface area (Å²) in [6, 6.07) is 37.8. The zero-order valence-electron chi connectivity index (χ0n) is 17.9. The van der Waals surface area contributed by atoms with Crippen LogP contribution in [0, 0.1) is 0 Å². The third-order valence-electron chi connectivity index (χ3n) is 5.95. The Balaban J connectivity index is 1.25. The molecule has 0 saturated carbocycles. The van der Waals surface area contributed by atoms with E-state index in [2.05, 4.69) is 112 Å². The van der Waals surface area contributed by atoms with Crippen molar-refractivity contribution in [1.82, 2.24) is 9.97 Å². The Morgan fingerprint density at radius 1 is 0.424 bits per heavy atom. The maximum Gasteiger partial charge on any atom is 0.0780 e. The third kappa shape index (κ3) is 3.70.